The predicted molar refractivity (Wildman–Crippen MR) is 73.4 cm³/mol. The fourth-order valence-corrected chi connectivity index (χ4v) is 3.17. The average Bonchev–Trinajstić information content (AvgIpc) is 2.80. The molecule has 0 aromatic heterocycles. The van der Waals surface area contributed by atoms with Gasteiger partial charge in [0.25, 0.3) is 0 Å². The maximum Gasteiger partial charge on any atom is 0.238 e. The Balaban J connectivity index is 1.83. The van der Waals surface area contributed by atoms with Gasteiger partial charge in [-0.15, -0.1) is 0 Å². The molecule has 0 saturated carbocycles. The van der Waals surface area contributed by atoms with Crippen LogP contribution in [0.2, 0.25) is 0 Å². The van der Waals surface area contributed by atoms with Gasteiger partial charge in [0.15, 0.2) is 0 Å². The zero-order valence-corrected chi connectivity index (χ0v) is 12.5. The Morgan fingerprint density at radius 2 is 1.65 bits per heavy atom. The van der Waals surface area contributed by atoms with E-state index in [1.807, 2.05) is 18.7 Å². The molecule has 2 saturated heterocycles. The van der Waals surface area contributed by atoms with Crippen molar-refractivity contribution in [2.45, 2.75) is 49.9 Å². The quantitative estimate of drug-likeness (QED) is 0.731. The Morgan fingerprint density at radius 1 is 1.12 bits per heavy atom. The van der Waals surface area contributed by atoms with Crippen molar-refractivity contribution in [1.29, 1.82) is 0 Å². The molecule has 0 spiro atoms. The average molecular weight is 303 g/mol. The van der Waals surface area contributed by atoms with Gasteiger partial charge in [0.2, 0.25) is 5.91 Å². The maximum absolute atomic E-state index is 12.1. The second-order valence-electron chi connectivity index (χ2n) is 5.74. The first-order valence-corrected chi connectivity index (χ1v) is 7.50. The summed E-state index contributed by atoms with van der Waals surface area (Å²) in [6.07, 6.45) is 5.00. The summed E-state index contributed by atoms with van der Waals surface area (Å²) in [6.45, 7) is 8.25. The Bertz CT molecular complexity index is 274. The van der Waals surface area contributed by atoms with E-state index < -0.39 is 4.32 Å². The smallest absolute Gasteiger partial charge is 0.238 e. The molecule has 0 aromatic rings. The van der Waals surface area contributed by atoms with Crippen molar-refractivity contribution in [1.82, 2.24) is 9.80 Å². The van der Waals surface area contributed by atoms with Crippen molar-refractivity contribution in [2.24, 2.45) is 0 Å². The number of hydrogen-bond donors (Lipinski definition) is 0. The largest absolute Gasteiger partial charge is 0.341 e. The van der Waals surface area contributed by atoms with Crippen molar-refractivity contribution < 1.29 is 4.79 Å². The topological polar surface area (TPSA) is 23.6 Å². The molecule has 0 bridgehead atoms. The summed E-state index contributed by atoms with van der Waals surface area (Å²) in [5.74, 6) is 0.234. The third-order valence-corrected chi connectivity index (χ3v) is 4.26. The highest BCUT2D eigenvalue weighted by molar-refractivity contribution is 9.10. The van der Waals surface area contributed by atoms with Crippen LogP contribution in [0.5, 0.6) is 0 Å². The van der Waals surface area contributed by atoms with E-state index in [1.165, 1.54) is 25.9 Å². The number of carbonyl (C=O) groups excluding carboxylic acids is 1. The number of piperidine rings is 1. The number of carbonyl (C=O) groups is 1. The number of hydrogen-bond acceptors (Lipinski definition) is 2. The molecule has 17 heavy (non-hydrogen) atoms. The second-order valence-corrected chi connectivity index (χ2v) is 7.72. The van der Waals surface area contributed by atoms with Gasteiger partial charge < -0.3 is 9.80 Å². The van der Waals surface area contributed by atoms with Crippen molar-refractivity contribution in [3.63, 3.8) is 0 Å². The highest BCUT2D eigenvalue weighted by atomic mass is 79.9. The fourth-order valence-electron chi connectivity index (χ4n) is 2.92. The standard InChI is InChI=1S/C13H23BrN2O/c1-13(2,14)12(17)16-9-5-11(6-10-16)15-7-3-4-8-15/h11H,3-10H2,1-2H3. The van der Waals surface area contributed by atoms with Crippen LogP contribution in [0.1, 0.15) is 39.5 Å². The van der Waals surface area contributed by atoms with E-state index in [0.717, 1.165) is 32.0 Å². The summed E-state index contributed by atoms with van der Waals surface area (Å²) >= 11 is 3.46. The van der Waals surface area contributed by atoms with Crippen molar-refractivity contribution in [2.75, 3.05) is 26.2 Å². The molecule has 0 aromatic carbocycles. The first-order chi connectivity index (χ1) is 7.98. The number of amides is 1. The molecule has 0 atom stereocenters. The minimum Gasteiger partial charge on any atom is -0.341 e. The molecule has 4 heteroatoms. The SMILES string of the molecule is CC(C)(Br)C(=O)N1CCC(N2CCCC2)CC1. The molecule has 0 N–H and O–H groups in total. The van der Waals surface area contributed by atoms with Crippen LogP contribution in [0.3, 0.4) is 0 Å². The molecule has 2 aliphatic rings. The monoisotopic (exact) mass is 302 g/mol. The Hall–Kier alpha value is -0.0900. The molecule has 98 valence electrons. The number of alkyl halides is 1. The fraction of sp³-hybridized carbons (Fsp3) is 0.923. The van der Waals surface area contributed by atoms with Gasteiger partial charge in [-0.3, -0.25) is 4.79 Å². The minimum absolute atomic E-state index is 0.234. The minimum atomic E-state index is -0.409. The van der Waals surface area contributed by atoms with Gasteiger partial charge in [-0.05, 0) is 52.6 Å². The second kappa shape index (κ2) is 5.27. The third-order valence-electron chi connectivity index (χ3n) is 3.92. The van der Waals surface area contributed by atoms with Crippen LogP contribution < -0.4 is 0 Å². The number of nitrogens with zero attached hydrogens (tertiary/aromatic N) is 2. The van der Waals surface area contributed by atoms with Crippen LogP contribution in [0.25, 0.3) is 0 Å². The van der Waals surface area contributed by atoms with E-state index in [-0.39, 0.29) is 5.91 Å². The van der Waals surface area contributed by atoms with E-state index in [2.05, 4.69) is 20.8 Å². The first-order valence-electron chi connectivity index (χ1n) is 6.71. The Kier molecular flexibility index (Phi) is 4.14. The van der Waals surface area contributed by atoms with E-state index in [1.54, 1.807) is 0 Å². The summed E-state index contributed by atoms with van der Waals surface area (Å²) in [5.41, 5.74) is 0. The molecule has 2 rings (SSSR count). The highest BCUT2D eigenvalue weighted by Gasteiger charge is 2.33. The van der Waals surface area contributed by atoms with Crippen molar-refractivity contribution in [3.8, 4) is 0 Å². The Morgan fingerprint density at radius 3 is 2.12 bits per heavy atom. The molecule has 2 fully saturated rings. The molecule has 3 nitrogen and oxygen atoms in total. The molecule has 2 aliphatic heterocycles. The number of rotatable bonds is 2. The lowest BCUT2D eigenvalue weighted by atomic mass is 10.0. The van der Waals surface area contributed by atoms with Crippen LogP contribution in [0.4, 0.5) is 0 Å². The van der Waals surface area contributed by atoms with Gasteiger partial charge in [0.05, 0.1) is 4.32 Å². The van der Waals surface area contributed by atoms with Crippen LogP contribution in [-0.4, -0.2) is 52.3 Å². The molecule has 0 radical (unpaired) electrons. The van der Waals surface area contributed by atoms with E-state index in [9.17, 15) is 4.79 Å². The summed E-state index contributed by atoms with van der Waals surface area (Å²) in [4.78, 5) is 16.7. The molecule has 0 aliphatic carbocycles. The maximum atomic E-state index is 12.1. The highest BCUT2D eigenvalue weighted by Crippen LogP contribution is 2.25. The van der Waals surface area contributed by atoms with Crippen LogP contribution >= 0.6 is 15.9 Å². The number of halogens is 1. The van der Waals surface area contributed by atoms with Crippen LogP contribution in [0.15, 0.2) is 0 Å². The molecular formula is C13H23BrN2O. The van der Waals surface area contributed by atoms with Crippen molar-refractivity contribution in [3.05, 3.63) is 0 Å². The zero-order valence-electron chi connectivity index (χ0n) is 10.9. The normalized spacial score (nSPS) is 24.3. The predicted octanol–water partition coefficient (Wildman–Crippen LogP) is 2.25. The van der Waals surface area contributed by atoms with Gasteiger partial charge in [-0.1, -0.05) is 15.9 Å². The van der Waals surface area contributed by atoms with E-state index >= 15 is 0 Å². The van der Waals surface area contributed by atoms with E-state index in [0.29, 0.717) is 0 Å². The van der Waals surface area contributed by atoms with Gasteiger partial charge in [-0.25, -0.2) is 0 Å². The van der Waals surface area contributed by atoms with Crippen molar-refractivity contribution >= 4 is 21.8 Å². The summed E-state index contributed by atoms with van der Waals surface area (Å²) in [6, 6.07) is 0.722. The van der Waals surface area contributed by atoms with Gasteiger partial charge in [0, 0.05) is 19.1 Å². The lowest BCUT2D eigenvalue weighted by Gasteiger charge is -2.38. The Labute approximate surface area is 113 Å². The number of likely N-dealkylation sites (tertiary alicyclic amines) is 2. The summed E-state index contributed by atoms with van der Waals surface area (Å²) < 4.78 is -0.409. The van der Waals surface area contributed by atoms with Gasteiger partial charge >= 0.3 is 0 Å². The molecule has 1 amide bonds. The summed E-state index contributed by atoms with van der Waals surface area (Å²) in [5, 5.41) is 0. The molecule has 2 heterocycles. The molecular weight excluding hydrogens is 280 g/mol. The molecule has 0 unspecified atom stereocenters. The van der Waals surface area contributed by atoms with E-state index in [4.69, 9.17) is 0 Å². The van der Waals surface area contributed by atoms with Crippen LogP contribution in [-0.2, 0) is 4.79 Å². The van der Waals surface area contributed by atoms with Crippen LogP contribution in [0, 0.1) is 0 Å². The third kappa shape index (κ3) is 3.22. The first kappa shape index (κ1) is 13.3. The van der Waals surface area contributed by atoms with Gasteiger partial charge in [0.1, 0.15) is 0 Å². The lowest BCUT2D eigenvalue weighted by molar-refractivity contribution is -0.134. The zero-order chi connectivity index (χ0) is 12.5. The van der Waals surface area contributed by atoms with Gasteiger partial charge in [-0.2, -0.15) is 0 Å². The summed E-state index contributed by atoms with van der Waals surface area (Å²) in [7, 11) is 0. The lowest BCUT2D eigenvalue weighted by Crippen LogP contribution is -2.49.